The lowest BCUT2D eigenvalue weighted by Crippen LogP contribution is -2.11. The Kier molecular flexibility index (Phi) is 3.54. The van der Waals surface area contributed by atoms with Gasteiger partial charge in [0.1, 0.15) is 6.17 Å². The molecule has 0 saturated carbocycles. The van der Waals surface area contributed by atoms with Gasteiger partial charge in [0.25, 0.3) is 0 Å². The highest BCUT2D eigenvalue weighted by Gasteiger charge is 2.16. The molecule has 0 radical (unpaired) electrons. The van der Waals surface area contributed by atoms with Crippen LogP contribution < -0.4 is 0 Å². The third-order valence-electron chi connectivity index (χ3n) is 2.68. The molecule has 0 fully saturated rings. The molecule has 0 aliphatic heterocycles. The van der Waals surface area contributed by atoms with Crippen LogP contribution >= 0.6 is 0 Å². The van der Waals surface area contributed by atoms with Gasteiger partial charge in [-0.25, -0.2) is 4.39 Å². The average molecular weight is 208 g/mol. The molecule has 1 rings (SSSR count). The normalized spacial score (nSPS) is 14.3. The Morgan fingerprint density at radius 3 is 1.80 bits per heavy atom. The molecule has 0 heterocycles. The van der Waals surface area contributed by atoms with E-state index in [1.54, 1.807) is 0 Å². The number of hydrogen-bond donors (Lipinski definition) is 0. The first-order chi connectivity index (χ1) is 6.82. The molecule has 0 aromatic heterocycles. The van der Waals surface area contributed by atoms with Gasteiger partial charge in [-0.2, -0.15) is 0 Å². The summed E-state index contributed by atoms with van der Waals surface area (Å²) in [5.41, 5.74) is 2.18. The maximum atomic E-state index is 13.7. The van der Waals surface area contributed by atoms with Crippen molar-refractivity contribution in [3.05, 3.63) is 35.4 Å². The third-order valence-corrected chi connectivity index (χ3v) is 2.68. The summed E-state index contributed by atoms with van der Waals surface area (Å²) in [6, 6.07) is 7.88. The standard InChI is InChI=1S/C14H21F/c1-10(2)13(15)11-6-8-12(9-7-11)14(3,4)5/h6-10,13H,1-5H3. The minimum absolute atomic E-state index is 0.0467. The van der Waals surface area contributed by atoms with E-state index in [2.05, 4.69) is 20.8 Å². The summed E-state index contributed by atoms with van der Waals surface area (Å²) in [4.78, 5) is 0. The second-order valence-electron chi connectivity index (χ2n) is 5.52. The number of rotatable bonds is 2. The van der Waals surface area contributed by atoms with Crippen LogP contribution in [0.1, 0.15) is 51.9 Å². The van der Waals surface area contributed by atoms with Crippen LogP contribution in [0.5, 0.6) is 0 Å². The molecule has 1 atom stereocenters. The first kappa shape index (κ1) is 12.2. The molecule has 0 spiro atoms. The maximum Gasteiger partial charge on any atom is 0.127 e. The van der Waals surface area contributed by atoms with Gasteiger partial charge in [-0.05, 0) is 22.5 Å². The Morgan fingerprint density at radius 2 is 1.47 bits per heavy atom. The smallest absolute Gasteiger partial charge is 0.127 e. The number of benzene rings is 1. The molecular formula is C14H21F. The fourth-order valence-electron chi connectivity index (χ4n) is 1.55. The van der Waals surface area contributed by atoms with Gasteiger partial charge in [0.05, 0.1) is 0 Å². The Labute approximate surface area is 92.5 Å². The van der Waals surface area contributed by atoms with E-state index in [-0.39, 0.29) is 11.3 Å². The van der Waals surface area contributed by atoms with Crippen molar-refractivity contribution in [1.29, 1.82) is 0 Å². The number of hydrogen-bond acceptors (Lipinski definition) is 0. The number of alkyl halides is 1. The van der Waals surface area contributed by atoms with Crippen LogP contribution in [0.3, 0.4) is 0 Å². The van der Waals surface area contributed by atoms with E-state index < -0.39 is 6.17 Å². The van der Waals surface area contributed by atoms with Crippen LogP contribution in [0.4, 0.5) is 4.39 Å². The largest absolute Gasteiger partial charge is 0.242 e. The average Bonchev–Trinajstić information content (AvgIpc) is 2.15. The number of halogens is 1. The van der Waals surface area contributed by atoms with Gasteiger partial charge in [0.15, 0.2) is 0 Å². The second kappa shape index (κ2) is 4.34. The SMILES string of the molecule is CC(C)C(F)c1ccc(C(C)(C)C)cc1. The molecule has 84 valence electrons. The van der Waals surface area contributed by atoms with Gasteiger partial charge in [-0.1, -0.05) is 58.9 Å². The zero-order chi connectivity index (χ0) is 11.6. The van der Waals surface area contributed by atoms with Gasteiger partial charge in [-0.3, -0.25) is 0 Å². The van der Waals surface area contributed by atoms with Crippen molar-refractivity contribution in [3.63, 3.8) is 0 Å². The molecule has 1 aromatic rings. The first-order valence-electron chi connectivity index (χ1n) is 5.57. The van der Waals surface area contributed by atoms with E-state index in [9.17, 15) is 4.39 Å². The highest BCUT2D eigenvalue weighted by atomic mass is 19.1. The summed E-state index contributed by atoms with van der Waals surface area (Å²) in [5.74, 6) is 0.0467. The second-order valence-corrected chi connectivity index (χ2v) is 5.52. The van der Waals surface area contributed by atoms with Crippen LogP contribution in [-0.2, 0) is 5.41 Å². The van der Waals surface area contributed by atoms with Crippen molar-refractivity contribution in [1.82, 2.24) is 0 Å². The van der Waals surface area contributed by atoms with Crippen LogP contribution in [0, 0.1) is 5.92 Å². The van der Waals surface area contributed by atoms with E-state index in [0.717, 1.165) is 5.56 Å². The summed E-state index contributed by atoms with van der Waals surface area (Å²) in [5, 5.41) is 0. The highest BCUT2D eigenvalue weighted by molar-refractivity contribution is 5.28. The van der Waals surface area contributed by atoms with Gasteiger partial charge >= 0.3 is 0 Å². The fraction of sp³-hybridized carbons (Fsp3) is 0.571. The molecule has 1 heteroatoms. The molecular weight excluding hydrogens is 187 g/mol. The van der Waals surface area contributed by atoms with Gasteiger partial charge in [-0.15, -0.1) is 0 Å². The molecule has 1 unspecified atom stereocenters. The van der Waals surface area contributed by atoms with E-state index in [1.807, 2.05) is 38.1 Å². The van der Waals surface area contributed by atoms with E-state index in [4.69, 9.17) is 0 Å². The molecule has 15 heavy (non-hydrogen) atoms. The lowest BCUT2D eigenvalue weighted by atomic mass is 9.86. The molecule has 0 aliphatic carbocycles. The Hall–Kier alpha value is -0.850. The van der Waals surface area contributed by atoms with Crippen molar-refractivity contribution < 1.29 is 4.39 Å². The Balaban J connectivity index is 2.91. The summed E-state index contributed by atoms with van der Waals surface area (Å²) in [7, 11) is 0. The molecule has 0 amide bonds. The van der Waals surface area contributed by atoms with Gasteiger partial charge < -0.3 is 0 Å². The van der Waals surface area contributed by atoms with Gasteiger partial charge in [0, 0.05) is 0 Å². The van der Waals surface area contributed by atoms with Crippen molar-refractivity contribution in [2.75, 3.05) is 0 Å². The minimum atomic E-state index is -0.848. The Morgan fingerprint density at radius 1 is 1.00 bits per heavy atom. The quantitative estimate of drug-likeness (QED) is 0.663. The van der Waals surface area contributed by atoms with Crippen LogP contribution in [0.15, 0.2) is 24.3 Å². The van der Waals surface area contributed by atoms with Crippen molar-refractivity contribution in [3.8, 4) is 0 Å². The summed E-state index contributed by atoms with van der Waals surface area (Å²) in [6.07, 6.45) is -0.848. The molecule has 0 aliphatic rings. The molecule has 0 nitrogen and oxygen atoms in total. The zero-order valence-electron chi connectivity index (χ0n) is 10.3. The third kappa shape index (κ3) is 3.05. The predicted molar refractivity (Wildman–Crippen MR) is 63.8 cm³/mol. The van der Waals surface area contributed by atoms with Crippen LogP contribution in [0.25, 0.3) is 0 Å². The van der Waals surface area contributed by atoms with Crippen LogP contribution in [0.2, 0.25) is 0 Å². The summed E-state index contributed by atoms with van der Waals surface area (Å²) < 4.78 is 13.7. The van der Waals surface area contributed by atoms with E-state index in [0.29, 0.717) is 0 Å². The molecule has 0 bridgehead atoms. The Bertz CT molecular complexity index is 303. The van der Waals surface area contributed by atoms with Gasteiger partial charge in [0.2, 0.25) is 0 Å². The molecule has 0 N–H and O–H groups in total. The highest BCUT2D eigenvalue weighted by Crippen LogP contribution is 2.28. The summed E-state index contributed by atoms with van der Waals surface area (Å²) >= 11 is 0. The molecule has 1 aromatic carbocycles. The lowest BCUT2D eigenvalue weighted by Gasteiger charge is -2.20. The lowest BCUT2D eigenvalue weighted by molar-refractivity contribution is 0.261. The van der Waals surface area contributed by atoms with Crippen LogP contribution in [-0.4, -0.2) is 0 Å². The first-order valence-corrected chi connectivity index (χ1v) is 5.57. The minimum Gasteiger partial charge on any atom is -0.242 e. The van der Waals surface area contributed by atoms with Crippen molar-refractivity contribution in [2.24, 2.45) is 5.92 Å². The van der Waals surface area contributed by atoms with Crippen molar-refractivity contribution >= 4 is 0 Å². The fourth-order valence-corrected chi connectivity index (χ4v) is 1.55. The van der Waals surface area contributed by atoms with E-state index in [1.165, 1.54) is 5.56 Å². The maximum absolute atomic E-state index is 13.7. The molecule has 0 saturated heterocycles. The monoisotopic (exact) mass is 208 g/mol. The summed E-state index contributed by atoms with van der Waals surface area (Å²) in [6.45, 7) is 10.3. The van der Waals surface area contributed by atoms with Crippen molar-refractivity contribution in [2.45, 2.75) is 46.2 Å². The predicted octanol–water partition coefficient (Wildman–Crippen LogP) is 4.65. The topological polar surface area (TPSA) is 0 Å². The van der Waals surface area contributed by atoms with E-state index >= 15 is 0 Å². The zero-order valence-corrected chi connectivity index (χ0v) is 10.3.